The fourth-order valence-corrected chi connectivity index (χ4v) is 3.98. The van der Waals surface area contributed by atoms with Crippen LogP contribution in [0.4, 0.5) is 13.2 Å². The zero-order valence-corrected chi connectivity index (χ0v) is 18.8. The maximum Gasteiger partial charge on any atom is 0.522 e. The van der Waals surface area contributed by atoms with E-state index < -0.39 is 15.6 Å². The van der Waals surface area contributed by atoms with Gasteiger partial charge in [0.15, 0.2) is 0 Å². The molecule has 2 aliphatic carbocycles. The lowest BCUT2D eigenvalue weighted by molar-refractivity contribution is -0.0510. The molecule has 1 N–H and O–H groups in total. The van der Waals surface area contributed by atoms with Crippen LogP contribution in [0, 0.1) is 10.8 Å². The Labute approximate surface area is 173 Å². The van der Waals surface area contributed by atoms with E-state index in [1.165, 1.54) is 62.9 Å². The topological polar surface area (TPSA) is 63.6 Å². The summed E-state index contributed by atoms with van der Waals surface area (Å²) in [7, 11) is -5.84. The van der Waals surface area contributed by atoms with Gasteiger partial charge in [-0.15, -0.1) is 0 Å². The average molecular weight is 441 g/mol. The van der Waals surface area contributed by atoms with E-state index in [1.807, 2.05) is 0 Å². The van der Waals surface area contributed by atoms with Gasteiger partial charge in [0.1, 0.15) is 0 Å². The Morgan fingerprint density at radius 1 is 0.897 bits per heavy atom. The highest BCUT2D eigenvalue weighted by molar-refractivity contribution is 7.86. The lowest BCUT2D eigenvalue weighted by Crippen LogP contribution is -2.23. The molecule has 0 bridgehead atoms. The van der Waals surface area contributed by atoms with Gasteiger partial charge in [-0.25, -0.2) is 0 Å². The number of allylic oxidation sites excluding steroid dienone is 4. The molecule has 0 unspecified atom stereocenters. The smallest absolute Gasteiger partial charge is 0.467 e. The van der Waals surface area contributed by atoms with Crippen LogP contribution < -0.4 is 0 Å². The molecule has 29 heavy (non-hydrogen) atoms. The summed E-state index contributed by atoms with van der Waals surface area (Å²) >= 11 is 0. The summed E-state index contributed by atoms with van der Waals surface area (Å²) in [5.74, 6) is 2.47. The van der Waals surface area contributed by atoms with Gasteiger partial charge >= 0.3 is 15.6 Å². The van der Waals surface area contributed by atoms with Crippen LogP contribution in [0.15, 0.2) is 23.7 Å². The monoisotopic (exact) mass is 440 g/mol. The molecule has 0 spiro atoms. The average Bonchev–Trinajstić information content (AvgIpc) is 2.69. The SMILES string of the molecule is CCC1(CC)CC=C(OC2=CCC(CC)(CC)CC2)CC1.O=S(=O)(O)C(F)(F)F. The Kier molecular flexibility index (Phi) is 9.27. The van der Waals surface area contributed by atoms with Gasteiger partial charge in [-0.3, -0.25) is 4.55 Å². The Morgan fingerprint density at radius 2 is 1.21 bits per heavy atom. The molecule has 0 aromatic rings. The molecule has 0 saturated heterocycles. The fourth-order valence-electron chi connectivity index (χ4n) is 3.98. The molecule has 0 saturated carbocycles. The number of alkyl halides is 3. The van der Waals surface area contributed by atoms with Gasteiger partial charge in [0.2, 0.25) is 0 Å². The Bertz CT molecular complexity index is 647. The molecule has 0 amide bonds. The van der Waals surface area contributed by atoms with Gasteiger partial charge in [0.05, 0.1) is 11.5 Å². The summed E-state index contributed by atoms with van der Waals surface area (Å²) in [4.78, 5) is 0. The molecular weight excluding hydrogens is 405 g/mol. The zero-order chi connectivity index (χ0) is 22.3. The van der Waals surface area contributed by atoms with Crippen LogP contribution in [0.3, 0.4) is 0 Å². The molecule has 2 rings (SSSR count). The third-order valence-electron chi connectivity index (χ3n) is 6.88. The maximum atomic E-state index is 10.7. The van der Waals surface area contributed by atoms with E-state index in [4.69, 9.17) is 17.7 Å². The van der Waals surface area contributed by atoms with Crippen molar-refractivity contribution in [3.05, 3.63) is 23.7 Å². The molecule has 0 aromatic carbocycles. The minimum Gasteiger partial charge on any atom is -0.467 e. The van der Waals surface area contributed by atoms with Crippen molar-refractivity contribution >= 4 is 10.1 Å². The Hall–Kier alpha value is -1.02. The number of ether oxygens (including phenoxy) is 1. The van der Waals surface area contributed by atoms with Crippen LogP contribution in [0.1, 0.15) is 91.9 Å². The highest BCUT2D eigenvalue weighted by atomic mass is 32.2. The second kappa shape index (κ2) is 10.3. The predicted octanol–water partition coefficient (Wildman–Crippen LogP) is 7.15. The molecular formula is C21H35F3O4S. The highest BCUT2D eigenvalue weighted by Gasteiger charge is 2.44. The van der Waals surface area contributed by atoms with Crippen LogP contribution >= 0.6 is 0 Å². The Balaban J connectivity index is 0.000000447. The minimum absolute atomic E-state index is 0.549. The van der Waals surface area contributed by atoms with Crippen LogP contribution in [0.2, 0.25) is 0 Å². The van der Waals surface area contributed by atoms with Crippen molar-refractivity contribution in [2.45, 2.75) is 97.4 Å². The zero-order valence-electron chi connectivity index (χ0n) is 17.9. The van der Waals surface area contributed by atoms with E-state index >= 15 is 0 Å². The molecule has 2 aliphatic rings. The lowest BCUT2D eigenvalue weighted by Gasteiger charge is -2.37. The molecule has 0 fully saturated rings. The summed E-state index contributed by atoms with van der Waals surface area (Å²) < 4.78 is 63.8. The summed E-state index contributed by atoms with van der Waals surface area (Å²) in [6.07, 6.45) is 17.2. The second-order valence-corrected chi connectivity index (χ2v) is 9.60. The molecule has 170 valence electrons. The van der Waals surface area contributed by atoms with Crippen molar-refractivity contribution in [1.29, 1.82) is 0 Å². The van der Waals surface area contributed by atoms with Gasteiger partial charge in [-0.2, -0.15) is 21.6 Å². The summed E-state index contributed by atoms with van der Waals surface area (Å²) in [6, 6.07) is 0. The van der Waals surface area contributed by atoms with Crippen molar-refractivity contribution in [1.82, 2.24) is 0 Å². The summed E-state index contributed by atoms with van der Waals surface area (Å²) in [6.45, 7) is 9.34. The van der Waals surface area contributed by atoms with E-state index in [1.54, 1.807) is 0 Å². The largest absolute Gasteiger partial charge is 0.522 e. The maximum absolute atomic E-state index is 10.7. The first-order valence-corrected chi connectivity index (χ1v) is 11.9. The van der Waals surface area contributed by atoms with Gasteiger partial charge in [0, 0.05) is 12.8 Å². The number of hydrogen-bond donors (Lipinski definition) is 1. The molecule has 8 heteroatoms. The number of halogens is 3. The standard InChI is InChI=1S/C20H34O.CHF3O3S/c1-5-19(6-2)13-9-17(10-14-19)21-18-11-15-20(7-3,8-4)16-12-18;2-1(3,4)8(5,6)7/h9,11H,5-8,10,12-16H2,1-4H3;(H,5,6,7). The first-order valence-electron chi connectivity index (χ1n) is 10.5. The number of hydrogen-bond acceptors (Lipinski definition) is 3. The first-order chi connectivity index (χ1) is 13.4. The van der Waals surface area contributed by atoms with Crippen molar-refractivity contribution < 1.29 is 30.9 Å². The van der Waals surface area contributed by atoms with Crippen LogP contribution in [0.25, 0.3) is 0 Å². The van der Waals surface area contributed by atoms with Gasteiger partial charge in [-0.05, 0) is 48.7 Å². The van der Waals surface area contributed by atoms with E-state index in [0.717, 1.165) is 12.8 Å². The quantitative estimate of drug-likeness (QED) is 0.352. The van der Waals surface area contributed by atoms with E-state index in [2.05, 4.69) is 39.8 Å². The normalized spacial score (nSPS) is 21.4. The van der Waals surface area contributed by atoms with Gasteiger partial charge < -0.3 is 4.74 Å². The van der Waals surface area contributed by atoms with Crippen LogP contribution in [-0.2, 0) is 14.9 Å². The second-order valence-electron chi connectivity index (χ2n) is 8.19. The van der Waals surface area contributed by atoms with Crippen LogP contribution in [-0.4, -0.2) is 18.5 Å². The fraction of sp³-hybridized carbons (Fsp3) is 0.810. The molecule has 0 radical (unpaired) electrons. The molecule has 0 aliphatic heterocycles. The van der Waals surface area contributed by atoms with E-state index in [9.17, 15) is 13.2 Å². The molecule has 0 atom stereocenters. The van der Waals surface area contributed by atoms with E-state index in [-0.39, 0.29) is 0 Å². The number of rotatable bonds is 6. The minimum atomic E-state index is -5.84. The molecule has 4 nitrogen and oxygen atoms in total. The van der Waals surface area contributed by atoms with Gasteiger partial charge in [0.25, 0.3) is 0 Å². The van der Waals surface area contributed by atoms with Crippen molar-refractivity contribution in [3.63, 3.8) is 0 Å². The van der Waals surface area contributed by atoms with Crippen molar-refractivity contribution in [2.24, 2.45) is 10.8 Å². The summed E-state index contributed by atoms with van der Waals surface area (Å²) in [5, 5.41) is 0. The summed E-state index contributed by atoms with van der Waals surface area (Å²) in [5.41, 5.74) is -4.44. The van der Waals surface area contributed by atoms with Crippen molar-refractivity contribution in [2.75, 3.05) is 0 Å². The highest BCUT2D eigenvalue weighted by Crippen LogP contribution is 2.44. The van der Waals surface area contributed by atoms with E-state index in [0.29, 0.717) is 10.8 Å². The predicted molar refractivity (Wildman–Crippen MR) is 109 cm³/mol. The third-order valence-corrected chi connectivity index (χ3v) is 7.47. The van der Waals surface area contributed by atoms with Gasteiger partial charge in [-0.1, -0.05) is 53.4 Å². The lowest BCUT2D eigenvalue weighted by atomic mass is 9.72. The molecule has 0 aromatic heterocycles. The van der Waals surface area contributed by atoms with Crippen molar-refractivity contribution in [3.8, 4) is 0 Å². The Morgan fingerprint density at radius 3 is 1.38 bits per heavy atom. The first kappa shape index (κ1) is 26.0. The van der Waals surface area contributed by atoms with Crippen LogP contribution in [0.5, 0.6) is 0 Å². The third kappa shape index (κ3) is 7.31. The molecule has 0 heterocycles.